The number of benzene rings is 7. The molecule has 0 saturated carbocycles. The van der Waals surface area contributed by atoms with E-state index in [1.54, 1.807) is 0 Å². The molecule has 7 aromatic carbocycles. The van der Waals surface area contributed by atoms with E-state index in [1.807, 2.05) is 0 Å². The van der Waals surface area contributed by atoms with Crippen molar-refractivity contribution in [1.82, 2.24) is 9.13 Å². The molecule has 10 rings (SSSR count). The van der Waals surface area contributed by atoms with Crippen molar-refractivity contribution in [2.24, 2.45) is 0 Å². The molecule has 2 heterocycles. The fraction of sp³-hybridized carbons (Fsp3) is 0.0769. The van der Waals surface area contributed by atoms with Gasteiger partial charge in [0.1, 0.15) is 0 Å². The molecule has 0 spiro atoms. The Morgan fingerprint density at radius 2 is 1.09 bits per heavy atom. The highest BCUT2D eigenvalue weighted by molar-refractivity contribution is 6.13. The van der Waals surface area contributed by atoms with Gasteiger partial charge in [0.05, 0.1) is 27.8 Å². The molecular formula is C52H40N2. The molecule has 1 aliphatic carbocycles. The summed E-state index contributed by atoms with van der Waals surface area (Å²) in [6, 6.07) is 58.0. The van der Waals surface area contributed by atoms with Crippen LogP contribution in [0.2, 0.25) is 0 Å². The molecule has 2 nitrogen and oxygen atoms in total. The summed E-state index contributed by atoms with van der Waals surface area (Å²) in [7, 11) is 0. The van der Waals surface area contributed by atoms with Gasteiger partial charge in [-0.1, -0.05) is 148 Å². The lowest BCUT2D eigenvalue weighted by Crippen LogP contribution is -2.21. The molecule has 0 unspecified atom stereocenters. The third kappa shape index (κ3) is 5.02. The zero-order chi connectivity index (χ0) is 36.4. The molecule has 0 fully saturated rings. The van der Waals surface area contributed by atoms with Gasteiger partial charge in [0.2, 0.25) is 0 Å². The van der Waals surface area contributed by atoms with Gasteiger partial charge in [-0.2, -0.15) is 0 Å². The van der Waals surface area contributed by atoms with Crippen LogP contribution in [0.1, 0.15) is 25.0 Å². The molecule has 2 aromatic heterocycles. The zero-order valence-corrected chi connectivity index (χ0v) is 30.6. The molecule has 0 radical (unpaired) electrons. The molecule has 0 atom stereocenters. The number of allylic oxidation sites excluding steroid dienone is 5. The Bertz CT molecular complexity index is 3000. The first-order valence-corrected chi connectivity index (χ1v) is 18.9. The van der Waals surface area contributed by atoms with Crippen LogP contribution < -0.4 is 0 Å². The smallest absolute Gasteiger partial charge is 0.0541 e. The lowest BCUT2D eigenvalue weighted by molar-refractivity contribution is 0.635. The number of fused-ring (bicyclic) bond motifs is 7. The van der Waals surface area contributed by atoms with E-state index in [2.05, 4.69) is 212 Å². The Morgan fingerprint density at radius 1 is 0.500 bits per heavy atom. The second kappa shape index (κ2) is 12.5. The minimum Gasteiger partial charge on any atom is -0.309 e. The van der Waals surface area contributed by atoms with Crippen molar-refractivity contribution in [3.8, 4) is 33.6 Å². The van der Waals surface area contributed by atoms with Crippen molar-refractivity contribution in [2.75, 3.05) is 0 Å². The Labute approximate surface area is 316 Å². The van der Waals surface area contributed by atoms with Crippen LogP contribution >= 0.6 is 0 Å². The fourth-order valence-corrected chi connectivity index (χ4v) is 8.70. The van der Waals surface area contributed by atoms with E-state index in [1.165, 1.54) is 88.4 Å². The van der Waals surface area contributed by atoms with Crippen LogP contribution in [0.25, 0.3) is 77.2 Å². The summed E-state index contributed by atoms with van der Waals surface area (Å²) in [6.07, 6.45) is 9.53. The second-order valence-electron chi connectivity index (χ2n) is 15.0. The topological polar surface area (TPSA) is 9.86 Å². The van der Waals surface area contributed by atoms with Crippen LogP contribution in [0.3, 0.4) is 0 Å². The molecule has 9 aromatic rings. The van der Waals surface area contributed by atoms with E-state index in [-0.39, 0.29) is 5.41 Å². The molecule has 1 aliphatic rings. The highest BCUT2D eigenvalue weighted by Crippen LogP contribution is 2.41. The summed E-state index contributed by atoms with van der Waals surface area (Å²) < 4.78 is 4.87. The van der Waals surface area contributed by atoms with Gasteiger partial charge in [-0.15, -0.1) is 0 Å². The van der Waals surface area contributed by atoms with Crippen LogP contribution in [-0.4, -0.2) is 9.13 Å². The minimum absolute atomic E-state index is 0.162. The minimum atomic E-state index is -0.162. The molecule has 258 valence electrons. The summed E-state index contributed by atoms with van der Waals surface area (Å²) in [5.74, 6) is 0. The molecule has 0 N–H and O–H groups in total. The maximum atomic E-state index is 4.43. The Hall–Kier alpha value is -6.64. The van der Waals surface area contributed by atoms with E-state index in [4.69, 9.17) is 0 Å². The first kappa shape index (κ1) is 32.0. The van der Waals surface area contributed by atoms with Crippen molar-refractivity contribution in [2.45, 2.75) is 25.7 Å². The highest BCUT2D eigenvalue weighted by atomic mass is 15.0. The van der Waals surface area contributed by atoms with Crippen LogP contribution in [0, 0.1) is 0 Å². The lowest BCUT2D eigenvalue weighted by atomic mass is 9.75. The average molecular weight is 693 g/mol. The van der Waals surface area contributed by atoms with Crippen molar-refractivity contribution >= 4 is 43.6 Å². The van der Waals surface area contributed by atoms with E-state index >= 15 is 0 Å². The summed E-state index contributed by atoms with van der Waals surface area (Å²) in [5, 5.41) is 5.01. The number of hydrogen-bond acceptors (Lipinski definition) is 0. The Balaban J connectivity index is 1.13. The number of rotatable bonds is 4. The van der Waals surface area contributed by atoms with Gasteiger partial charge in [0.15, 0.2) is 0 Å². The van der Waals surface area contributed by atoms with Gasteiger partial charge >= 0.3 is 0 Å². The van der Waals surface area contributed by atoms with Crippen molar-refractivity contribution in [3.63, 3.8) is 0 Å². The van der Waals surface area contributed by atoms with Crippen LogP contribution in [-0.2, 0) is 11.8 Å². The summed E-state index contributed by atoms with van der Waals surface area (Å²) >= 11 is 0. The van der Waals surface area contributed by atoms with Crippen LogP contribution in [0.5, 0.6) is 0 Å². The zero-order valence-electron chi connectivity index (χ0n) is 30.6. The number of hydrogen-bond donors (Lipinski definition) is 0. The van der Waals surface area contributed by atoms with Gasteiger partial charge in [0, 0.05) is 38.2 Å². The third-order valence-electron chi connectivity index (χ3n) is 11.6. The molecular weight excluding hydrogens is 653 g/mol. The van der Waals surface area contributed by atoms with E-state index < -0.39 is 0 Å². The maximum Gasteiger partial charge on any atom is 0.0541 e. The van der Waals surface area contributed by atoms with E-state index in [0.717, 1.165) is 12.0 Å². The van der Waals surface area contributed by atoms with Crippen molar-refractivity contribution in [1.29, 1.82) is 0 Å². The Morgan fingerprint density at radius 3 is 1.81 bits per heavy atom. The molecule has 54 heavy (non-hydrogen) atoms. The predicted molar refractivity (Wildman–Crippen MR) is 230 cm³/mol. The van der Waals surface area contributed by atoms with Crippen molar-refractivity contribution in [3.05, 3.63) is 205 Å². The van der Waals surface area contributed by atoms with E-state index in [9.17, 15) is 0 Å². The Kier molecular flexibility index (Phi) is 7.42. The van der Waals surface area contributed by atoms with Gasteiger partial charge < -0.3 is 9.13 Å². The lowest BCUT2D eigenvalue weighted by Gasteiger charge is -2.29. The van der Waals surface area contributed by atoms with Gasteiger partial charge in [-0.25, -0.2) is 0 Å². The third-order valence-corrected chi connectivity index (χ3v) is 11.6. The molecule has 0 amide bonds. The van der Waals surface area contributed by atoms with Gasteiger partial charge in [-0.3, -0.25) is 0 Å². The van der Waals surface area contributed by atoms with Gasteiger partial charge in [-0.05, 0) is 94.4 Å². The predicted octanol–water partition coefficient (Wildman–Crippen LogP) is 13.7. The molecule has 0 bridgehead atoms. The molecule has 0 saturated heterocycles. The number of nitrogens with zero attached hydrogens (tertiary/aromatic N) is 2. The average Bonchev–Trinajstić information content (AvgIpc) is 3.74. The summed E-state index contributed by atoms with van der Waals surface area (Å²) in [5.41, 5.74) is 15.7. The maximum absolute atomic E-state index is 4.43. The van der Waals surface area contributed by atoms with E-state index in [0.29, 0.717) is 0 Å². The number of aromatic nitrogens is 2. The first-order chi connectivity index (χ1) is 26.5. The second-order valence-corrected chi connectivity index (χ2v) is 15.0. The molecule has 2 heteroatoms. The molecule has 0 aliphatic heterocycles. The first-order valence-electron chi connectivity index (χ1n) is 18.9. The quantitative estimate of drug-likeness (QED) is 0.174. The SMILES string of the molecule is C=C1/C=C\C=C/Cc2cc(-n3c4ccccc4c4cc(-c5ccc6c(c5)c5ccccc5n6-c5ccccc5-c5ccccc5)ccc43)ccc2C1(C)C. The normalized spacial score (nSPS) is 15.3. The highest BCUT2D eigenvalue weighted by Gasteiger charge is 2.26. The monoisotopic (exact) mass is 692 g/mol. The van der Waals surface area contributed by atoms with Crippen molar-refractivity contribution < 1.29 is 0 Å². The fourth-order valence-electron chi connectivity index (χ4n) is 8.70. The summed E-state index contributed by atoms with van der Waals surface area (Å²) in [6.45, 7) is 8.99. The summed E-state index contributed by atoms with van der Waals surface area (Å²) in [4.78, 5) is 0. The largest absolute Gasteiger partial charge is 0.309 e. The number of para-hydroxylation sites is 3. The van der Waals surface area contributed by atoms with Crippen LogP contribution in [0.15, 0.2) is 194 Å². The van der Waals surface area contributed by atoms with Crippen LogP contribution in [0.4, 0.5) is 0 Å². The van der Waals surface area contributed by atoms with Gasteiger partial charge in [0.25, 0.3) is 0 Å². The standard InChI is InChI=1S/C52H40N2/c1-35-16-6-4-9-19-39-32-40(28-29-46(39)52(35,2)3)53-48-24-14-11-21-42(48)44-33-37(26-30-50(44)53)38-27-31-51-45(34-38)43-22-12-15-25-49(43)54(51)47-23-13-10-20-41(47)36-17-7-5-8-18-36/h4-18,20-34H,1,19H2,2-3H3/b9-4-,16-6-.